The van der Waals surface area contributed by atoms with Gasteiger partial charge in [0, 0.05) is 6.04 Å². The Kier molecular flexibility index (Phi) is 3.27. The molecule has 0 bridgehead atoms. The Morgan fingerprint density at radius 2 is 2.19 bits per heavy atom. The van der Waals surface area contributed by atoms with E-state index in [0.29, 0.717) is 12.8 Å². The molecule has 1 aliphatic rings. The third-order valence-corrected chi connectivity index (χ3v) is 4.21. The molecular formula is C9H15N3O3S. The maximum absolute atomic E-state index is 11.8. The summed E-state index contributed by atoms with van der Waals surface area (Å²) in [4.78, 5) is 6.20. The SMILES string of the molecule is O=S(=O)(NC1CCCCC1O)c1cnc[nH]1. The molecule has 6 nitrogen and oxygen atoms in total. The summed E-state index contributed by atoms with van der Waals surface area (Å²) in [5.74, 6) is 0. The van der Waals surface area contributed by atoms with Crippen LogP contribution in [0, 0.1) is 0 Å². The van der Waals surface area contributed by atoms with Gasteiger partial charge in [0.05, 0.1) is 18.6 Å². The molecule has 90 valence electrons. The fourth-order valence-corrected chi connectivity index (χ4v) is 3.11. The van der Waals surface area contributed by atoms with E-state index in [2.05, 4.69) is 14.7 Å². The van der Waals surface area contributed by atoms with E-state index in [1.807, 2.05) is 0 Å². The Hall–Kier alpha value is -0.920. The van der Waals surface area contributed by atoms with Gasteiger partial charge in [-0.05, 0) is 12.8 Å². The summed E-state index contributed by atoms with van der Waals surface area (Å²) in [6.07, 6.45) is 5.18. The maximum atomic E-state index is 11.8. The zero-order valence-electron chi connectivity index (χ0n) is 8.76. The van der Waals surface area contributed by atoms with E-state index in [1.54, 1.807) is 0 Å². The highest BCUT2D eigenvalue weighted by Gasteiger charge is 2.28. The summed E-state index contributed by atoms with van der Waals surface area (Å²) < 4.78 is 26.1. The summed E-state index contributed by atoms with van der Waals surface area (Å²) in [6, 6.07) is -0.387. The lowest BCUT2D eigenvalue weighted by atomic mass is 9.93. The Bertz CT molecular complexity index is 429. The molecule has 2 rings (SSSR count). The lowest BCUT2D eigenvalue weighted by Gasteiger charge is -2.27. The molecule has 1 fully saturated rings. The van der Waals surface area contributed by atoms with Crippen molar-refractivity contribution in [1.82, 2.24) is 14.7 Å². The minimum absolute atomic E-state index is 0.0327. The zero-order valence-corrected chi connectivity index (χ0v) is 9.57. The molecule has 2 atom stereocenters. The standard InChI is InChI=1S/C9H15N3O3S/c13-8-4-2-1-3-7(8)12-16(14,15)9-5-10-6-11-9/h5-8,12-13H,1-4H2,(H,10,11). The molecule has 0 aliphatic heterocycles. The highest BCUT2D eigenvalue weighted by atomic mass is 32.2. The fourth-order valence-electron chi connectivity index (χ4n) is 1.90. The Morgan fingerprint density at radius 3 is 2.81 bits per heavy atom. The Morgan fingerprint density at radius 1 is 1.44 bits per heavy atom. The van der Waals surface area contributed by atoms with E-state index >= 15 is 0 Å². The van der Waals surface area contributed by atoms with Crippen LogP contribution in [-0.2, 0) is 10.0 Å². The molecule has 1 saturated carbocycles. The van der Waals surface area contributed by atoms with Gasteiger partial charge in [0.15, 0.2) is 5.03 Å². The second kappa shape index (κ2) is 4.52. The van der Waals surface area contributed by atoms with Gasteiger partial charge < -0.3 is 10.1 Å². The normalized spacial score (nSPS) is 26.8. The van der Waals surface area contributed by atoms with Gasteiger partial charge in [-0.3, -0.25) is 0 Å². The molecular weight excluding hydrogens is 230 g/mol. The molecule has 0 radical (unpaired) electrons. The number of nitrogens with one attached hydrogen (secondary N) is 2. The number of hydrogen-bond donors (Lipinski definition) is 3. The summed E-state index contributed by atoms with van der Waals surface area (Å²) in [5, 5.41) is 9.71. The van der Waals surface area contributed by atoms with E-state index in [-0.39, 0.29) is 11.1 Å². The number of rotatable bonds is 3. The van der Waals surface area contributed by atoms with Crippen LogP contribution in [0.3, 0.4) is 0 Å². The summed E-state index contributed by atoms with van der Waals surface area (Å²) in [6.45, 7) is 0. The van der Waals surface area contributed by atoms with Gasteiger partial charge in [0.1, 0.15) is 0 Å². The first kappa shape index (κ1) is 11.6. The maximum Gasteiger partial charge on any atom is 0.257 e. The molecule has 0 aromatic carbocycles. The monoisotopic (exact) mass is 245 g/mol. The van der Waals surface area contributed by atoms with Crippen molar-refractivity contribution in [2.75, 3.05) is 0 Å². The van der Waals surface area contributed by atoms with Crippen LogP contribution in [0.1, 0.15) is 25.7 Å². The molecule has 7 heteroatoms. The third kappa shape index (κ3) is 2.42. The van der Waals surface area contributed by atoms with Crippen LogP contribution >= 0.6 is 0 Å². The minimum Gasteiger partial charge on any atom is -0.391 e. The smallest absolute Gasteiger partial charge is 0.257 e. The van der Waals surface area contributed by atoms with Gasteiger partial charge in [-0.15, -0.1) is 0 Å². The van der Waals surface area contributed by atoms with Crippen LogP contribution in [0.4, 0.5) is 0 Å². The lowest BCUT2D eigenvalue weighted by Crippen LogP contribution is -2.45. The Balaban J connectivity index is 2.09. The number of nitrogens with zero attached hydrogens (tertiary/aromatic N) is 1. The van der Waals surface area contributed by atoms with Crippen molar-refractivity contribution < 1.29 is 13.5 Å². The van der Waals surface area contributed by atoms with Crippen molar-refractivity contribution in [2.24, 2.45) is 0 Å². The molecule has 3 N–H and O–H groups in total. The van der Waals surface area contributed by atoms with E-state index in [9.17, 15) is 13.5 Å². The number of sulfonamides is 1. The summed E-state index contributed by atoms with van der Waals surface area (Å²) in [7, 11) is -3.58. The van der Waals surface area contributed by atoms with Crippen LogP contribution in [0.5, 0.6) is 0 Å². The molecule has 0 amide bonds. The summed E-state index contributed by atoms with van der Waals surface area (Å²) >= 11 is 0. The second-order valence-corrected chi connectivity index (χ2v) is 5.68. The molecule has 1 aliphatic carbocycles. The van der Waals surface area contributed by atoms with Gasteiger partial charge in [-0.1, -0.05) is 12.8 Å². The number of H-pyrrole nitrogens is 1. The topological polar surface area (TPSA) is 95.1 Å². The molecule has 1 aromatic rings. The van der Waals surface area contributed by atoms with Crippen molar-refractivity contribution in [3.63, 3.8) is 0 Å². The van der Waals surface area contributed by atoms with Crippen LogP contribution in [0.25, 0.3) is 0 Å². The highest BCUT2D eigenvalue weighted by molar-refractivity contribution is 7.89. The van der Waals surface area contributed by atoms with Gasteiger partial charge in [-0.2, -0.15) is 0 Å². The third-order valence-electron chi connectivity index (χ3n) is 2.80. The van der Waals surface area contributed by atoms with Gasteiger partial charge >= 0.3 is 0 Å². The van der Waals surface area contributed by atoms with E-state index in [0.717, 1.165) is 12.8 Å². The van der Waals surface area contributed by atoms with Crippen LogP contribution in [0.2, 0.25) is 0 Å². The first-order valence-corrected chi connectivity index (χ1v) is 6.77. The van der Waals surface area contributed by atoms with E-state index in [1.165, 1.54) is 12.5 Å². The van der Waals surface area contributed by atoms with Crippen LogP contribution < -0.4 is 4.72 Å². The molecule has 0 saturated heterocycles. The molecule has 16 heavy (non-hydrogen) atoms. The van der Waals surface area contributed by atoms with E-state index in [4.69, 9.17) is 0 Å². The first-order valence-electron chi connectivity index (χ1n) is 5.28. The minimum atomic E-state index is -3.58. The second-order valence-electron chi connectivity index (χ2n) is 4.00. The van der Waals surface area contributed by atoms with Crippen LogP contribution in [-0.4, -0.2) is 35.6 Å². The van der Waals surface area contributed by atoms with Gasteiger partial charge in [0.2, 0.25) is 0 Å². The van der Waals surface area contributed by atoms with Crippen molar-refractivity contribution in [3.05, 3.63) is 12.5 Å². The molecule has 0 spiro atoms. The van der Waals surface area contributed by atoms with Crippen molar-refractivity contribution >= 4 is 10.0 Å². The fraction of sp³-hybridized carbons (Fsp3) is 0.667. The number of aliphatic hydroxyl groups excluding tert-OH is 1. The predicted octanol–water partition coefficient (Wildman–Crippen LogP) is -0.00850. The van der Waals surface area contributed by atoms with Crippen molar-refractivity contribution in [3.8, 4) is 0 Å². The van der Waals surface area contributed by atoms with Crippen molar-refractivity contribution in [1.29, 1.82) is 0 Å². The highest BCUT2D eigenvalue weighted by Crippen LogP contribution is 2.19. The molecule has 1 aromatic heterocycles. The number of imidazole rings is 1. The van der Waals surface area contributed by atoms with E-state index < -0.39 is 16.1 Å². The first-order chi connectivity index (χ1) is 7.59. The lowest BCUT2D eigenvalue weighted by molar-refractivity contribution is 0.101. The average molecular weight is 245 g/mol. The Labute approximate surface area is 94.1 Å². The quantitative estimate of drug-likeness (QED) is 0.698. The van der Waals surface area contributed by atoms with Gasteiger partial charge in [-0.25, -0.2) is 18.1 Å². The number of aromatic nitrogens is 2. The number of hydrogen-bond acceptors (Lipinski definition) is 4. The largest absolute Gasteiger partial charge is 0.391 e. The summed E-state index contributed by atoms with van der Waals surface area (Å²) in [5.41, 5.74) is 0. The van der Waals surface area contributed by atoms with Crippen molar-refractivity contribution in [2.45, 2.75) is 42.9 Å². The zero-order chi connectivity index (χ0) is 11.6. The number of aliphatic hydroxyl groups is 1. The average Bonchev–Trinajstić information content (AvgIpc) is 2.75. The predicted molar refractivity (Wildman–Crippen MR) is 57.2 cm³/mol. The number of aromatic amines is 1. The van der Waals surface area contributed by atoms with Crippen LogP contribution in [0.15, 0.2) is 17.6 Å². The van der Waals surface area contributed by atoms with Gasteiger partial charge in [0.25, 0.3) is 10.0 Å². The molecule has 2 unspecified atom stereocenters. The molecule has 1 heterocycles.